The number of hydrogen-bond donors (Lipinski definition) is 0. The molecule has 1 aromatic heterocycles. The van der Waals surface area contributed by atoms with Crippen LogP contribution >= 0.6 is 31.9 Å². The van der Waals surface area contributed by atoms with Crippen molar-refractivity contribution in [3.63, 3.8) is 0 Å². The standard InChI is InChI=1S/C23H15B2Br2N/c1-14-2-12-19(13-3-14)28-22(15-6-10-18(26)11-7-15)20(25)21(27)23(28)16-4-8-17(24)9-5-16/h2-13H,1H3. The molecule has 3 aromatic carbocycles. The SMILES string of the molecule is [B]c1ccc(-c2c(Br)c([B])c(-c3ccc(Br)cc3)n2-c2ccc(C)cc2)cc1. The average molecular weight is 487 g/mol. The third-order valence-electron chi connectivity index (χ3n) is 4.74. The van der Waals surface area contributed by atoms with Crippen LogP contribution in [0.1, 0.15) is 5.56 Å². The van der Waals surface area contributed by atoms with Gasteiger partial charge in [0.15, 0.2) is 0 Å². The Morgan fingerprint density at radius 1 is 0.679 bits per heavy atom. The summed E-state index contributed by atoms with van der Waals surface area (Å²) in [5.41, 5.74) is 7.73. The van der Waals surface area contributed by atoms with Crippen molar-refractivity contribution in [2.45, 2.75) is 6.92 Å². The van der Waals surface area contributed by atoms with Gasteiger partial charge in [0.1, 0.15) is 15.7 Å². The smallest absolute Gasteiger partial charge is 0.118 e. The number of hydrogen-bond acceptors (Lipinski definition) is 0. The minimum Gasteiger partial charge on any atom is -0.309 e. The molecule has 28 heavy (non-hydrogen) atoms. The second kappa shape index (κ2) is 7.81. The Kier molecular flexibility index (Phi) is 5.39. The van der Waals surface area contributed by atoms with Crippen molar-refractivity contribution in [1.82, 2.24) is 4.57 Å². The molecule has 0 fully saturated rings. The molecule has 4 aromatic rings. The zero-order chi connectivity index (χ0) is 19.8. The lowest BCUT2D eigenvalue weighted by molar-refractivity contribution is 1.09. The molecule has 1 nitrogen and oxygen atoms in total. The highest BCUT2D eigenvalue weighted by atomic mass is 79.9. The second-order valence-corrected chi connectivity index (χ2v) is 8.43. The molecule has 5 heteroatoms. The van der Waals surface area contributed by atoms with Crippen LogP contribution in [0, 0.1) is 6.92 Å². The lowest BCUT2D eigenvalue weighted by Gasteiger charge is -2.16. The van der Waals surface area contributed by atoms with Gasteiger partial charge in [-0.25, -0.2) is 0 Å². The predicted molar refractivity (Wildman–Crippen MR) is 128 cm³/mol. The van der Waals surface area contributed by atoms with Gasteiger partial charge in [-0.1, -0.05) is 80.9 Å². The van der Waals surface area contributed by atoms with Crippen LogP contribution in [-0.2, 0) is 0 Å². The van der Waals surface area contributed by atoms with Crippen LogP contribution in [-0.4, -0.2) is 20.3 Å². The van der Waals surface area contributed by atoms with E-state index in [1.54, 1.807) is 0 Å². The summed E-state index contributed by atoms with van der Waals surface area (Å²) in [4.78, 5) is 0. The molecule has 0 bridgehead atoms. The Morgan fingerprint density at radius 2 is 1.21 bits per heavy atom. The quantitative estimate of drug-likeness (QED) is 0.349. The molecule has 4 rings (SSSR count). The van der Waals surface area contributed by atoms with Gasteiger partial charge in [-0.3, -0.25) is 0 Å². The zero-order valence-corrected chi connectivity index (χ0v) is 18.5. The van der Waals surface area contributed by atoms with Crippen LogP contribution in [0.25, 0.3) is 28.2 Å². The number of rotatable bonds is 3. The highest BCUT2D eigenvalue weighted by Crippen LogP contribution is 2.37. The minimum absolute atomic E-state index is 0.703. The third-order valence-corrected chi connectivity index (χ3v) is 6.07. The summed E-state index contributed by atoms with van der Waals surface area (Å²) in [5, 5.41) is 0. The predicted octanol–water partition coefficient (Wildman–Crippen LogP) is 5.23. The second-order valence-electron chi connectivity index (χ2n) is 6.72. The summed E-state index contributed by atoms with van der Waals surface area (Å²) >= 11 is 7.26. The van der Waals surface area contributed by atoms with Crippen molar-refractivity contribution >= 4 is 58.5 Å². The zero-order valence-electron chi connectivity index (χ0n) is 15.3. The van der Waals surface area contributed by atoms with Gasteiger partial charge in [0.05, 0.1) is 5.69 Å². The lowest BCUT2D eigenvalue weighted by Crippen LogP contribution is -2.08. The van der Waals surface area contributed by atoms with E-state index < -0.39 is 0 Å². The maximum Gasteiger partial charge on any atom is 0.118 e. The number of nitrogens with zero attached hydrogens (tertiary/aromatic N) is 1. The molecule has 4 radical (unpaired) electrons. The summed E-state index contributed by atoms with van der Waals surface area (Å²) in [7, 11) is 12.5. The fourth-order valence-corrected chi connectivity index (χ4v) is 4.16. The average Bonchev–Trinajstić information content (AvgIpc) is 2.95. The Hall–Kier alpha value is -1.97. The van der Waals surface area contributed by atoms with E-state index >= 15 is 0 Å². The van der Waals surface area contributed by atoms with Crippen LogP contribution in [0.15, 0.2) is 81.7 Å². The summed E-state index contributed by atoms with van der Waals surface area (Å²) in [6.07, 6.45) is 0. The normalized spacial score (nSPS) is 11.0. The molecule has 0 saturated heterocycles. The van der Waals surface area contributed by atoms with E-state index in [0.29, 0.717) is 5.46 Å². The van der Waals surface area contributed by atoms with Crippen molar-refractivity contribution in [3.8, 4) is 28.2 Å². The fraction of sp³-hybridized carbons (Fsp3) is 0.0435. The van der Waals surface area contributed by atoms with E-state index in [4.69, 9.17) is 15.7 Å². The molecule has 0 aliphatic carbocycles. The van der Waals surface area contributed by atoms with Crippen molar-refractivity contribution in [1.29, 1.82) is 0 Å². The Bertz CT molecular complexity index is 1060. The first kappa shape index (κ1) is 19.4. The summed E-state index contributed by atoms with van der Waals surface area (Å²) in [5.74, 6) is 0. The Labute approximate surface area is 184 Å². The van der Waals surface area contributed by atoms with Gasteiger partial charge in [-0.15, -0.1) is 0 Å². The third kappa shape index (κ3) is 3.54. The Balaban J connectivity index is 2.05. The van der Waals surface area contributed by atoms with Gasteiger partial charge in [0.25, 0.3) is 0 Å². The molecule has 132 valence electrons. The lowest BCUT2D eigenvalue weighted by atomic mass is 9.92. The molecule has 0 unspecified atom stereocenters. The number of aromatic nitrogens is 1. The van der Waals surface area contributed by atoms with Gasteiger partial charge in [0.2, 0.25) is 0 Å². The maximum atomic E-state index is 6.60. The molecular formula is C23H15B2Br2N. The van der Waals surface area contributed by atoms with E-state index in [9.17, 15) is 0 Å². The van der Waals surface area contributed by atoms with Crippen molar-refractivity contribution in [3.05, 3.63) is 87.3 Å². The van der Waals surface area contributed by atoms with Gasteiger partial charge in [-0.2, -0.15) is 0 Å². The number of halogens is 2. The van der Waals surface area contributed by atoms with Gasteiger partial charge in [0, 0.05) is 20.3 Å². The van der Waals surface area contributed by atoms with E-state index in [2.05, 4.69) is 79.7 Å². The van der Waals surface area contributed by atoms with Gasteiger partial charge >= 0.3 is 0 Å². The highest BCUT2D eigenvalue weighted by Gasteiger charge is 2.21. The van der Waals surface area contributed by atoms with Crippen molar-refractivity contribution in [2.75, 3.05) is 0 Å². The molecule has 0 aliphatic rings. The van der Waals surface area contributed by atoms with Crippen LogP contribution in [0.2, 0.25) is 0 Å². The summed E-state index contributed by atoms with van der Waals surface area (Å²) in [6, 6.07) is 24.5. The largest absolute Gasteiger partial charge is 0.309 e. The van der Waals surface area contributed by atoms with E-state index in [1.807, 2.05) is 36.4 Å². The molecule has 0 saturated carbocycles. The van der Waals surface area contributed by atoms with Crippen LogP contribution in [0.5, 0.6) is 0 Å². The Morgan fingerprint density at radius 3 is 1.82 bits per heavy atom. The van der Waals surface area contributed by atoms with E-state index in [-0.39, 0.29) is 0 Å². The van der Waals surface area contributed by atoms with Crippen LogP contribution < -0.4 is 10.9 Å². The molecule has 0 N–H and O–H groups in total. The molecule has 0 spiro atoms. The van der Waals surface area contributed by atoms with Crippen LogP contribution in [0.4, 0.5) is 0 Å². The topological polar surface area (TPSA) is 4.93 Å². The highest BCUT2D eigenvalue weighted by molar-refractivity contribution is 9.11. The fourth-order valence-electron chi connectivity index (χ4n) is 3.30. The molecule has 0 aliphatic heterocycles. The van der Waals surface area contributed by atoms with Gasteiger partial charge < -0.3 is 4.57 Å². The summed E-state index contributed by atoms with van der Waals surface area (Å²) in [6.45, 7) is 2.08. The van der Waals surface area contributed by atoms with Crippen LogP contribution in [0.3, 0.4) is 0 Å². The molecule has 0 atom stereocenters. The number of aryl methyl sites for hydroxylation is 1. The number of benzene rings is 3. The summed E-state index contributed by atoms with van der Waals surface area (Å²) < 4.78 is 4.10. The first-order chi connectivity index (χ1) is 13.5. The molecule has 1 heterocycles. The molecule has 0 amide bonds. The van der Waals surface area contributed by atoms with Gasteiger partial charge in [-0.05, 0) is 58.2 Å². The molecular weight excluding hydrogens is 472 g/mol. The van der Waals surface area contributed by atoms with E-state index in [1.165, 1.54) is 5.56 Å². The minimum atomic E-state index is 0.703. The van der Waals surface area contributed by atoms with Crippen molar-refractivity contribution < 1.29 is 0 Å². The maximum absolute atomic E-state index is 6.60. The monoisotopic (exact) mass is 485 g/mol. The van der Waals surface area contributed by atoms with E-state index in [0.717, 1.165) is 42.6 Å². The van der Waals surface area contributed by atoms with Crippen molar-refractivity contribution in [2.24, 2.45) is 0 Å². The first-order valence-corrected chi connectivity index (χ1v) is 10.4. The first-order valence-electron chi connectivity index (χ1n) is 8.84.